The molecule has 6 heteroatoms. The largest absolute Gasteiger partial charge is 0.356 e. The number of nitriles is 1. The summed E-state index contributed by atoms with van der Waals surface area (Å²) < 4.78 is 16.9. The highest BCUT2D eigenvalue weighted by Crippen LogP contribution is 2.33. The van der Waals surface area contributed by atoms with Crippen LogP contribution in [0.2, 0.25) is 0 Å². The van der Waals surface area contributed by atoms with Crippen molar-refractivity contribution >= 4 is 11.0 Å². The maximum absolute atomic E-state index is 9.21. The molecule has 1 aromatic heterocycles. The van der Waals surface area contributed by atoms with Gasteiger partial charge in [0.15, 0.2) is 11.9 Å². The van der Waals surface area contributed by atoms with Crippen molar-refractivity contribution in [3.8, 4) is 17.2 Å². The second kappa shape index (κ2) is 9.41. The SMILES string of the molecule is Cc1c(-c2cccc(C#N)c2)ccc2c(CCC3CCN(CC4OCCO4)CC3)noc12. The molecule has 0 spiro atoms. The van der Waals surface area contributed by atoms with Crippen molar-refractivity contribution in [1.82, 2.24) is 10.1 Å². The molecule has 6 nitrogen and oxygen atoms in total. The van der Waals surface area contributed by atoms with Crippen LogP contribution in [0.4, 0.5) is 0 Å². The van der Waals surface area contributed by atoms with Crippen molar-refractivity contribution in [3.05, 3.63) is 53.2 Å². The summed E-state index contributed by atoms with van der Waals surface area (Å²) in [5.74, 6) is 0.720. The molecule has 2 aromatic carbocycles. The van der Waals surface area contributed by atoms with Crippen LogP contribution in [0.25, 0.3) is 22.1 Å². The van der Waals surface area contributed by atoms with Gasteiger partial charge in [0.05, 0.1) is 30.5 Å². The van der Waals surface area contributed by atoms with Crippen LogP contribution in [0.5, 0.6) is 0 Å². The number of nitrogens with zero attached hydrogens (tertiary/aromatic N) is 3. The zero-order valence-electron chi connectivity index (χ0n) is 18.5. The molecule has 0 N–H and O–H groups in total. The Balaban J connectivity index is 1.22. The van der Waals surface area contributed by atoms with Gasteiger partial charge in [-0.15, -0.1) is 0 Å². The van der Waals surface area contributed by atoms with Crippen LogP contribution in [0, 0.1) is 24.2 Å². The van der Waals surface area contributed by atoms with Gasteiger partial charge in [0, 0.05) is 17.5 Å². The fourth-order valence-corrected chi connectivity index (χ4v) is 4.96. The summed E-state index contributed by atoms with van der Waals surface area (Å²) in [6, 6.07) is 14.2. The summed E-state index contributed by atoms with van der Waals surface area (Å²) >= 11 is 0. The van der Waals surface area contributed by atoms with Gasteiger partial charge in [-0.25, -0.2) is 0 Å². The number of aryl methyl sites for hydroxylation is 2. The van der Waals surface area contributed by atoms with Crippen molar-refractivity contribution in [1.29, 1.82) is 5.26 Å². The van der Waals surface area contributed by atoms with Crippen molar-refractivity contribution < 1.29 is 14.0 Å². The van der Waals surface area contributed by atoms with E-state index in [-0.39, 0.29) is 6.29 Å². The zero-order valence-corrected chi connectivity index (χ0v) is 18.5. The third-order valence-electron chi connectivity index (χ3n) is 6.86. The molecule has 3 heterocycles. The van der Waals surface area contributed by atoms with Gasteiger partial charge in [0.2, 0.25) is 0 Å². The fraction of sp³-hybridized carbons (Fsp3) is 0.462. The number of ether oxygens (including phenoxy) is 2. The van der Waals surface area contributed by atoms with E-state index in [1.165, 1.54) is 12.8 Å². The summed E-state index contributed by atoms with van der Waals surface area (Å²) in [6.07, 6.45) is 4.46. The topological polar surface area (TPSA) is 71.5 Å². The quantitative estimate of drug-likeness (QED) is 0.564. The molecule has 166 valence electrons. The van der Waals surface area contributed by atoms with Crippen molar-refractivity contribution in [2.24, 2.45) is 5.92 Å². The Kier molecular flexibility index (Phi) is 6.22. The van der Waals surface area contributed by atoms with E-state index < -0.39 is 0 Å². The summed E-state index contributed by atoms with van der Waals surface area (Å²) in [7, 11) is 0. The van der Waals surface area contributed by atoms with E-state index in [0.717, 1.165) is 85.0 Å². The second-order valence-corrected chi connectivity index (χ2v) is 8.89. The van der Waals surface area contributed by atoms with Crippen LogP contribution >= 0.6 is 0 Å². The average Bonchev–Trinajstić information content (AvgIpc) is 3.49. The van der Waals surface area contributed by atoms with E-state index in [9.17, 15) is 5.26 Å². The van der Waals surface area contributed by atoms with Gasteiger partial charge < -0.3 is 14.0 Å². The van der Waals surface area contributed by atoms with E-state index in [1.54, 1.807) is 0 Å². The van der Waals surface area contributed by atoms with Crippen molar-refractivity contribution in [2.45, 2.75) is 38.9 Å². The monoisotopic (exact) mass is 431 g/mol. The lowest BCUT2D eigenvalue weighted by Crippen LogP contribution is -2.39. The second-order valence-electron chi connectivity index (χ2n) is 8.89. The van der Waals surface area contributed by atoms with E-state index in [0.29, 0.717) is 5.56 Å². The molecule has 2 fully saturated rings. The number of benzene rings is 2. The minimum Gasteiger partial charge on any atom is -0.356 e. The number of hydrogen-bond donors (Lipinski definition) is 0. The molecule has 5 rings (SSSR count). The standard InChI is InChI=1S/C26H29N3O3/c1-18-22(21-4-2-3-20(15-21)16-27)6-7-23-24(28-32-26(18)23)8-5-19-9-11-29(12-10-19)17-25-30-13-14-31-25/h2-4,6-7,15,19,25H,5,8-14,17H2,1H3. The Hall–Kier alpha value is -2.72. The first-order chi connectivity index (χ1) is 15.7. The van der Waals surface area contributed by atoms with Crippen LogP contribution in [-0.4, -0.2) is 49.2 Å². The van der Waals surface area contributed by atoms with Crippen LogP contribution in [0.3, 0.4) is 0 Å². The van der Waals surface area contributed by atoms with Crippen LogP contribution in [0.15, 0.2) is 40.9 Å². The molecule has 0 amide bonds. The highest BCUT2D eigenvalue weighted by Gasteiger charge is 2.25. The number of rotatable bonds is 6. The molecular formula is C26H29N3O3. The third-order valence-corrected chi connectivity index (χ3v) is 6.86. The van der Waals surface area contributed by atoms with Gasteiger partial charge >= 0.3 is 0 Å². The molecule has 0 atom stereocenters. The summed E-state index contributed by atoms with van der Waals surface area (Å²) in [5.41, 5.74) is 5.75. The van der Waals surface area contributed by atoms with Crippen molar-refractivity contribution in [2.75, 3.05) is 32.8 Å². The van der Waals surface area contributed by atoms with Crippen LogP contribution < -0.4 is 0 Å². The lowest BCUT2D eigenvalue weighted by molar-refractivity contribution is -0.0661. The molecule has 2 aliphatic heterocycles. The smallest absolute Gasteiger partial charge is 0.170 e. The Morgan fingerprint density at radius 1 is 1.12 bits per heavy atom. The van der Waals surface area contributed by atoms with Gasteiger partial charge in [-0.2, -0.15) is 5.26 Å². The molecule has 2 saturated heterocycles. The van der Waals surface area contributed by atoms with Gasteiger partial charge in [-0.3, -0.25) is 4.90 Å². The molecule has 0 radical (unpaired) electrons. The average molecular weight is 432 g/mol. The molecular weight excluding hydrogens is 402 g/mol. The first-order valence-electron chi connectivity index (χ1n) is 11.5. The first kappa shape index (κ1) is 21.1. The fourth-order valence-electron chi connectivity index (χ4n) is 4.96. The molecule has 3 aromatic rings. The maximum atomic E-state index is 9.21. The Bertz CT molecular complexity index is 1120. The maximum Gasteiger partial charge on any atom is 0.170 e. The summed E-state index contributed by atoms with van der Waals surface area (Å²) in [6.45, 7) is 6.62. The highest BCUT2D eigenvalue weighted by molar-refractivity contribution is 5.89. The van der Waals surface area contributed by atoms with E-state index >= 15 is 0 Å². The molecule has 32 heavy (non-hydrogen) atoms. The van der Waals surface area contributed by atoms with Gasteiger partial charge in [0.1, 0.15) is 0 Å². The lowest BCUT2D eigenvalue weighted by Gasteiger charge is -2.32. The van der Waals surface area contributed by atoms with Crippen molar-refractivity contribution in [3.63, 3.8) is 0 Å². The minimum absolute atomic E-state index is 0.0384. The number of likely N-dealkylation sites (tertiary alicyclic amines) is 1. The molecule has 0 unspecified atom stereocenters. The number of hydrogen-bond acceptors (Lipinski definition) is 6. The lowest BCUT2D eigenvalue weighted by atomic mass is 9.90. The highest BCUT2D eigenvalue weighted by atomic mass is 16.7. The number of piperidine rings is 1. The summed E-state index contributed by atoms with van der Waals surface area (Å²) in [4.78, 5) is 2.46. The Labute approximate surface area is 188 Å². The molecule has 0 bridgehead atoms. The van der Waals surface area contributed by atoms with E-state index in [2.05, 4.69) is 35.2 Å². The van der Waals surface area contributed by atoms with E-state index in [1.807, 2.05) is 24.3 Å². The number of aromatic nitrogens is 1. The molecule has 2 aliphatic rings. The molecule has 0 aliphatic carbocycles. The van der Waals surface area contributed by atoms with Gasteiger partial charge in [-0.1, -0.05) is 23.4 Å². The summed E-state index contributed by atoms with van der Waals surface area (Å²) in [5, 5.41) is 14.7. The van der Waals surface area contributed by atoms with Gasteiger partial charge in [-0.05, 0) is 80.9 Å². The normalized spacial score (nSPS) is 18.4. The van der Waals surface area contributed by atoms with Crippen LogP contribution in [0.1, 0.15) is 36.1 Å². The van der Waals surface area contributed by atoms with E-state index in [4.69, 9.17) is 14.0 Å². The number of fused-ring (bicyclic) bond motifs is 1. The van der Waals surface area contributed by atoms with Crippen LogP contribution in [-0.2, 0) is 15.9 Å². The minimum atomic E-state index is -0.0384. The predicted octanol–water partition coefficient (Wildman–Crippen LogP) is 4.69. The zero-order chi connectivity index (χ0) is 21.9. The van der Waals surface area contributed by atoms with Gasteiger partial charge in [0.25, 0.3) is 0 Å². The predicted molar refractivity (Wildman–Crippen MR) is 122 cm³/mol. The first-order valence-corrected chi connectivity index (χ1v) is 11.5. The Morgan fingerprint density at radius 3 is 2.72 bits per heavy atom. The third kappa shape index (κ3) is 4.42. The molecule has 0 saturated carbocycles. The Morgan fingerprint density at radius 2 is 1.94 bits per heavy atom.